The SMILES string of the molecule is COc1ccc(C2(c3ccc(OC)c(F)c3)C=C(N3CCOCC3)c3c(ccc4ccccc34)O2)cc1F. The van der Waals surface area contributed by atoms with Gasteiger partial charge in [0.1, 0.15) is 5.75 Å². The van der Waals surface area contributed by atoms with Gasteiger partial charge in [-0.1, -0.05) is 42.5 Å². The molecule has 2 aliphatic rings. The first kappa shape index (κ1) is 24.2. The zero-order chi connectivity index (χ0) is 26.3. The molecule has 7 heteroatoms. The fourth-order valence-corrected chi connectivity index (χ4v) is 5.37. The van der Waals surface area contributed by atoms with Crippen LogP contribution in [0.15, 0.2) is 78.9 Å². The number of morpholine rings is 1. The lowest BCUT2D eigenvalue weighted by Crippen LogP contribution is -2.41. The number of ether oxygens (including phenoxy) is 4. The number of nitrogens with zero attached hydrogens (tertiary/aromatic N) is 1. The van der Waals surface area contributed by atoms with Gasteiger partial charge in [-0.25, -0.2) is 8.78 Å². The Balaban J connectivity index is 1.66. The van der Waals surface area contributed by atoms with E-state index in [0.29, 0.717) is 43.2 Å². The lowest BCUT2D eigenvalue weighted by Gasteiger charge is -2.42. The van der Waals surface area contributed by atoms with Gasteiger partial charge in [-0.05, 0) is 47.2 Å². The van der Waals surface area contributed by atoms with Gasteiger partial charge in [-0.3, -0.25) is 0 Å². The van der Waals surface area contributed by atoms with Crippen molar-refractivity contribution in [1.29, 1.82) is 0 Å². The number of hydrogen-bond acceptors (Lipinski definition) is 5. The summed E-state index contributed by atoms with van der Waals surface area (Å²) in [5.74, 6) is -0.214. The first-order valence-corrected chi connectivity index (χ1v) is 12.5. The van der Waals surface area contributed by atoms with Gasteiger partial charge in [0.2, 0.25) is 0 Å². The number of halogens is 2. The highest BCUT2D eigenvalue weighted by Crippen LogP contribution is 2.49. The second-order valence-corrected chi connectivity index (χ2v) is 9.33. The summed E-state index contributed by atoms with van der Waals surface area (Å²) in [4.78, 5) is 2.26. The van der Waals surface area contributed by atoms with Crippen LogP contribution < -0.4 is 14.2 Å². The average molecular weight is 516 g/mol. The maximum Gasteiger partial charge on any atom is 0.180 e. The van der Waals surface area contributed by atoms with E-state index in [1.807, 2.05) is 30.3 Å². The Morgan fingerprint density at radius 3 is 2.03 bits per heavy atom. The minimum atomic E-state index is -1.33. The molecular weight excluding hydrogens is 488 g/mol. The van der Waals surface area contributed by atoms with Crippen molar-refractivity contribution in [3.63, 3.8) is 0 Å². The summed E-state index contributed by atoms with van der Waals surface area (Å²) in [6, 6.07) is 21.5. The normalized spacial score (nSPS) is 16.4. The molecule has 1 fully saturated rings. The van der Waals surface area contributed by atoms with Crippen LogP contribution in [0.4, 0.5) is 8.78 Å². The molecular formula is C31H27F2NO4. The quantitative estimate of drug-likeness (QED) is 0.319. The van der Waals surface area contributed by atoms with E-state index in [2.05, 4.69) is 17.0 Å². The van der Waals surface area contributed by atoms with Gasteiger partial charge in [0.15, 0.2) is 28.7 Å². The van der Waals surface area contributed by atoms with E-state index >= 15 is 8.78 Å². The predicted octanol–water partition coefficient (Wildman–Crippen LogP) is 6.14. The van der Waals surface area contributed by atoms with Crippen molar-refractivity contribution in [3.8, 4) is 17.2 Å². The second kappa shape index (κ2) is 9.65. The summed E-state index contributed by atoms with van der Waals surface area (Å²) in [6.45, 7) is 2.52. The van der Waals surface area contributed by atoms with Crippen LogP contribution in [0.3, 0.4) is 0 Å². The Morgan fingerprint density at radius 1 is 0.789 bits per heavy atom. The topological polar surface area (TPSA) is 40.2 Å². The summed E-state index contributed by atoms with van der Waals surface area (Å²) < 4.78 is 53.0. The molecule has 0 spiro atoms. The van der Waals surface area contributed by atoms with E-state index in [9.17, 15) is 0 Å². The molecule has 0 saturated carbocycles. The molecule has 0 bridgehead atoms. The Bertz CT molecular complexity index is 1490. The standard InChI is InChI=1S/C31H27F2NO4/c1-35-27-11-8-21(17-24(27)32)31(22-9-12-28(36-2)25(33)18-22)19-26(34-13-15-37-16-14-34)30-23-6-4-3-5-20(23)7-10-29(30)38-31/h3-12,17-19H,13-16H2,1-2H3. The molecule has 0 aromatic heterocycles. The van der Waals surface area contributed by atoms with Crippen LogP contribution in [0.2, 0.25) is 0 Å². The smallest absolute Gasteiger partial charge is 0.180 e. The van der Waals surface area contributed by atoms with Crippen molar-refractivity contribution in [2.75, 3.05) is 40.5 Å². The molecule has 0 radical (unpaired) electrons. The summed E-state index contributed by atoms with van der Waals surface area (Å²) in [7, 11) is 2.84. The number of hydrogen-bond donors (Lipinski definition) is 0. The number of benzene rings is 4. The van der Waals surface area contributed by atoms with Gasteiger partial charge in [0, 0.05) is 35.5 Å². The highest BCUT2D eigenvalue weighted by Gasteiger charge is 2.42. The number of rotatable bonds is 5. The Morgan fingerprint density at radius 2 is 1.42 bits per heavy atom. The molecule has 194 valence electrons. The number of methoxy groups -OCH3 is 2. The molecule has 4 aromatic carbocycles. The molecule has 1 saturated heterocycles. The van der Waals surface area contributed by atoms with Crippen molar-refractivity contribution in [2.24, 2.45) is 0 Å². The van der Waals surface area contributed by atoms with Crippen molar-refractivity contribution in [3.05, 3.63) is 107 Å². The Kier molecular flexibility index (Phi) is 6.16. The molecule has 0 unspecified atom stereocenters. The van der Waals surface area contributed by atoms with E-state index in [-0.39, 0.29) is 11.5 Å². The maximum absolute atomic E-state index is 15.1. The first-order chi connectivity index (χ1) is 18.5. The summed E-state index contributed by atoms with van der Waals surface area (Å²) in [6.07, 6.45) is 1.98. The van der Waals surface area contributed by atoms with E-state index in [0.717, 1.165) is 22.0 Å². The van der Waals surface area contributed by atoms with Gasteiger partial charge in [0.25, 0.3) is 0 Å². The van der Waals surface area contributed by atoms with E-state index in [1.165, 1.54) is 26.4 Å². The molecule has 0 aliphatic carbocycles. The number of fused-ring (bicyclic) bond motifs is 3. The third-order valence-corrected chi connectivity index (χ3v) is 7.27. The molecule has 5 nitrogen and oxygen atoms in total. The third kappa shape index (κ3) is 3.94. The van der Waals surface area contributed by atoms with E-state index in [1.54, 1.807) is 24.3 Å². The highest BCUT2D eigenvalue weighted by molar-refractivity contribution is 5.97. The maximum atomic E-state index is 15.1. The zero-order valence-corrected chi connectivity index (χ0v) is 21.2. The second-order valence-electron chi connectivity index (χ2n) is 9.33. The van der Waals surface area contributed by atoms with Gasteiger partial charge >= 0.3 is 0 Å². The van der Waals surface area contributed by atoms with E-state index in [4.69, 9.17) is 18.9 Å². The zero-order valence-electron chi connectivity index (χ0n) is 21.2. The van der Waals surface area contributed by atoms with Gasteiger partial charge in [-0.15, -0.1) is 0 Å². The lowest BCUT2D eigenvalue weighted by molar-refractivity contribution is 0.0618. The molecule has 0 N–H and O–H groups in total. The van der Waals surface area contributed by atoms with Crippen LogP contribution in [0, 0.1) is 11.6 Å². The lowest BCUT2D eigenvalue weighted by atomic mass is 9.81. The van der Waals surface area contributed by atoms with Crippen LogP contribution in [0.5, 0.6) is 17.2 Å². The first-order valence-electron chi connectivity index (χ1n) is 12.5. The molecule has 0 amide bonds. The fourth-order valence-electron chi connectivity index (χ4n) is 5.37. The molecule has 38 heavy (non-hydrogen) atoms. The Hall–Kier alpha value is -4.10. The minimum absolute atomic E-state index is 0.115. The summed E-state index contributed by atoms with van der Waals surface area (Å²) >= 11 is 0. The molecule has 0 atom stereocenters. The molecule has 2 aliphatic heterocycles. The van der Waals surface area contributed by atoms with E-state index < -0.39 is 17.2 Å². The van der Waals surface area contributed by atoms with Crippen molar-refractivity contribution in [1.82, 2.24) is 4.90 Å². The highest BCUT2D eigenvalue weighted by atomic mass is 19.1. The monoisotopic (exact) mass is 515 g/mol. The van der Waals surface area contributed by atoms with Crippen LogP contribution in [0.25, 0.3) is 16.5 Å². The predicted molar refractivity (Wildman–Crippen MR) is 142 cm³/mol. The largest absolute Gasteiger partial charge is 0.494 e. The summed E-state index contributed by atoms with van der Waals surface area (Å²) in [5.41, 5.74) is 1.56. The van der Waals surface area contributed by atoms with Crippen LogP contribution in [-0.4, -0.2) is 45.4 Å². The van der Waals surface area contributed by atoms with Crippen molar-refractivity contribution < 1.29 is 27.7 Å². The molecule has 6 rings (SSSR count). The molecule has 4 aromatic rings. The third-order valence-electron chi connectivity index (χ3n) is 7.27. The Labute approximate surface area is 219 Å². The van der Waals surface area contributed by atoms with Crippen LogP contribution in [0.1, 0.15) is 16.7 Å². The van der Waals surface area contributed by atoms with Crippen LogP contribution >= 0.6 is 0 Å². The minimum Gasteiger partial charge on any atom is -0.494 e. The fraction of sp³-hybridized carbons (Fsp3) is 0.226. The van der Waals surface area contributed by atoms with Gasteiger partial charge in [-0.2, -0.15) is 0 Å². The summed E-state index contributed by atoms with van der Waals surface area (Å²) in [5, 5.41) is 2.12. The average Bonchev–Trinajstić information content (AvgIpc) is 2.96. The van der Waals surface area contributed by atoms with Gasteiger partial charge < -0.3 is 23.8 Å². The van der Waals surface area contributed by atoms with Gasteiger partial charge in [0.05, 0.1) is 27.4 Å². The van der Waals surface area contributed by atoms with Crippen molar-refractivity contribution in [2.45, 2.75) is 5.60 Å². The molecule has 2 heterocycles. The van der Waals surface area contributed by atoms with Crippen molar-refractivity contribution >= 4 is 16.5 Å². The van der Waals surface area contributed by atoms with Crippen LogP contribution in [-0.2, 0) is 10.3 Å².